The van der Waals surface area contributed by atoms with Gasteiger partial charge in [0.05, 0.1) is 11.0 Å². The zero-order chi connectivity index (χ0) is 41.0. The molecule has 0 saturated heterocycles. The van der Waals surface area contributed by atoms with Crippen LogP contribution in [0.1, 0.15) is 0 Å². The standard InChI is InChI=1S/C57H36N4O/c1-4-16-37(17-5-1)40-22-14-23-42(34-40)56-58-55(39-20-8-3-9-21-39)59-57(60-56)49-33-31-43(36-50(49)38-18-6-2-7-19-38)61-51-28-12-10-24-45(51)46-32-30-41(35-52(46)61)44-26-15-27-48-47-25-11-13-29-53(47)62-54(44)48/h1-36H. The number of furan rings is 1. The van der Waals surface area contributed by atoms with Crippen molar-refractivity contribution in [3.05, 3.63) is 218 Å². The summed E-state index contributed by atoms with van der Waals surface area (Å²) in [7, 11) is 0. The summed E-state index contributed by atoms with van der Waals surface area (Å²) in [5.41, 5.74) is 14.3. The van der Waals surface area contributed by atoms with E-state index in [-0.39, 0.29) is 0 Å². The monoisotopic (exact) mass is 792 g/mol. The highest BCUT2D eigenvalue weighted by atomic mass is 16.3. The molecule has 0 fully saturated rings. The first kappa shape index (κ1) is 35.5. The van der Waals surface area contributed by atoms with Crippen molar-refractivity contribution in [3.8, 4) is 73.2 Å². The first-order valence-electron chi connectivity index (χ1n) is 20.8. The lowest BCUT2D eigenvalue weighted by Gasteiger charge is -2.16. The van der Waals surface area contributed by atoms with E-state index in [0.29, 0.717) is 17.5 Å². The first-order chi connectivity index (χ1) is 30.7. The van der Waals surface area contributed by atoms with E-state index in [1.54, 1.807) is 0 Å². The van der Waals surface area contributed by atoms with E-state index >= 15 is 0 Å². The Bertz CT molecular complexity index is 3630. The van der Waals surface area contributed by atoms with Gasteiger partial charge in [-0.25, -0.2) is 15.0 Å². The molecule has 290 valence electrons. The van der Waals surface area contributed by atoms with Crippen molar-refractivity contribution < 1.29 is 4.42 Å². The quantitative estimate of drug-likeness (QED) is 0.161. The number of para-hydroxylation sites is 3. The molecule has 0 spiro atoms. The van der Waals surface area contributed by atoms with Gasteiger partial charge in [-0.2, -0.15) is 0 Å². The fraction of sp³-hybridized carbons (Fsp3) is 0. The Hall–Kier alpha value is -8.41. The summed E-state index contributed by atoms with van der Waals surface area (Å²) in [5, 5.41) is 4.60. The Kier molecular flexibility index (Phi) is 8.42. The van der Waals surface area contributed by atoms with Crippen LogP contribution in [0.3, 0.4) is 0 Å². The Morgan fingerprint density at radius 1 is 0.306 bits per heavy atom. The molecule has 0 aliphatic heterocycles. The van der Waals surface area contributed by atoms with Gasteiger partial charge in [0.25, 0.3) is 0 Å². The van der Waals surface area contributed by atoms with E-state index in [0.717, 1.165) is 88.7 Å². The van der Waals surface area contributed by atoms with Gasteiger partial charge in [0.15, 0.2) is 17.5 Å². The molecular weight excluding hydrogens is 757 g/mol. The molecule has 0 N–H and O–H groups in total. The maximum atomic E-state index is 6.52. The van der Waals surface area contributed by atoms with E-state index in [1.165, 1.54) is 10.8 Å². The van der Waals surface area contributed by atoms with Gasteiger partial charge in [-0.05, 0) is 70.3 Å². The molecule has 0 saturated carbocycles. The lowest BCUT2D eigenvalue weighted by molar-refractivity contribution is 0.670. The van der Waals surface area contributed by atoms with Crippen molar-refractivity contribution in [1.82, 2.24) is 19.5 Å². The summed E-state index contributed by atoms with van der Waals surface area (Å²) in [6.07, 6.45) is 0. The van der Waals surface area contributed by atoms with E-state index in [1.807, 2.05) is 36.4 Å². The third kappa shape index (κ3) is 6.06. The van der Waals surface area contributed by atoms with Crippen molar-refractivity contribution in [1.29, 1.82) is 0 Å². The molecule has 62 heavy (non-hydrogen) atoms. The fourth-order valence-corrected chi connectivity index (χ4v) is 8.92. The molecule has 12 rings (SSSR count). The summed E-state index contributed by atoms with van der Waals surface area (Å²) in [6.45, 7) is 0. The molecule has 0 atom stereocenters. The molecule has 0 aliphatic carbocycles. The van der Waals surface area contributed by atoms with Crippen LogP contribution in [-0.4, -0.2) is 19.5 Å². The summed E-state index contributed by atoms with van der Waals surface area (Å²) in [6, 6.07) is 76.3. The minimum Gasteiger partial charge on any atom is -0.455 e. The van der Waals surface area contributed by atoms with E-state index < -0.39 is 0 Å². The summed E-state index contributed by atoms with van der Waals surface area (Å²) < 4.78 is 8.90. The van der Waals surface area contributed by atoms with Crippen molar-refractivity contribution in [2.45, 2.75) is 0 Å². The molecule has 0 bridgehead atoms. The summed E-state index contributed by atoms with van der Waals surface area (Å²) in [5.74, 6) is 1.84. The minimum atomic E-state index is 0.604. The van der Waals surface area contributed by atoms with Gasteiger partial charge in [0, 0.05) is 49.5 Å². The van der Waals surface area contributed by atoms with Crippen molar-refractivity contribution in [2.75, 3.05) is 0 Å². The Labute approximate surface area is 357 Å². The highest BCUT2D eigenvalue weighted by Gasteiger charge is 2.20. The van der Waals surface area contributed by atoms with Crippen LogP contribution in [0.15, 0.2) is 223 Å². The molecule has 5 nitrogen and oxygen atoms in total. The van der Waals surface area contributed by atoms with Crippen molar-refractivity contribution in [2.24, 2.45) is 0 Å². The number of hydrogen-bond acceptors (Lipinski definition) is 4. The summed E-state index contributed by atoms with van der Waals surface area (Å²) >= 11 is 0. The zero-order valence-electron chi connectivity index (χ0n) is 33.5. The fourth-order valence-electron chi connectivity index (χ4n) is 8.92. The predicted molar refractivity (Wildman–Crippen MR) is 254 cm³/mol. The zero-order valence-corrected chi connectivity index (χ0v) is 33.5. The normalized spacial score (nSPS) is 11.5. The lowest BCUT2D eigenvalue weighted by Crippen LogP contribution is -2.02. The number of rotatable bonds is 7. The largest absolute Gasteiger partial charge is 0.455 e. The van der Waals surface area contributed by atoms with E-state index in [9.17, 15) is 0 Å². The average Bonchev–Trinajstić information content (AvgIpc) is 3.90. The second-order valence-corrected chi connectivity index (χ2v) is 15.6. The molecule has 0 unspecified atom stereocenters. The highest BCUT2D eigenvalue weighted by Crippen LogP contribution is 2.41. The maximum Gasteiger partial charge on any atom is 0.164 e. The van der Waals surface area contributed by atoms with Gasteiger partial charge in [0.2, 0.25) is 0 Å². The third-order valence-electron chi connectivity index (χ3n) is 11.9. The molecule has 3 aromatic heterocycles. The summed E-state index contributed by atoms with van der Waals surface area (Å²) in [4.78, 5) is 15.6. The number of hydrogen-bond donors (Lipinski definition) is 0. The molecule has 0 radical (unpaired) electrons. The van der Waals surface area contributed by atoms with Crippen LogP contribution >= 0.6 is 0 Å². The van der Waals surface area contributed by atoms with E-state index in [2.05, 4.69) is 187 Å². The highest BCUT2D eigenvalue weighted by molar-refractivity contribution is 6.13. The van der Waals surface area contributed by atoms with Crippen LogP contribution in [0.25, 0.3) is 117 Å². The van der Waals surface area contributed by atoms with Gasteiger partial charge in [-0.3, -0.25) is 0 Å². The van der Waals surface area contributed by atoms with E-state index in [4.69, 9.17) is 19.4 Å². The van der Waals surface area contributed by atoms with Crippen LogP contribution in [0.4, 0.5) is 0 Å². The number of benzene rings is 9. The molecule has 0 aliphatic rings. The smallest absolute Gasteiger partial charge is 0.164 e. The molecule has 0 amide bonds. The van der Waals surface area contributed by atoms with Crippen LogP contribution in [0.2, 0.25) is 0 Å². The molecular formula is C57H36N4O. The second-order valence-electron chi connectivity index (χ2n) is 15.6. The minimum absolute atomic E-state index is 0.604. The first-order valence-corrected chi connectivity index (χ1v) is 20.8. The Morgan fingerprint density at radius 3 is 1.71 bits per heavy atom. The Balaban J connectivity index is 1.06. The number of fused-ring (bicyclic) bond motifs is 6. The van der Waals surface area contributed by atoms with Gasteiger partial charge in [0.1, 0.15) is 11.2 Å². The van der Waals surface area contributed by atoms with Crippen molar-refractivity contribution in [3.63, 3.8) is 0 Å². The third-order valence-corrected chi connectivity index (χ3v) is 11.9. The predicted octanol–water partition coefficient (Wildman–Crippen LogP) is 14.9. The van der Waals surface area contributed by atoms with Crippen molar-refractivity contribution >= 4 is 43.7 Å². The molecule has 12 aromatic rings. The Morgan fingerprint density at radius 2 is 0.903 bits per heavy atom. The maximum absolute atomic E-state index is 6.52. The van der Waals surface area contributed by atoms with Gasteiger partial charge in [-0.1, -0.05) is 176 Å². The van der Waals surface area contributed by atoms with Gasteiger partial charge >= 0.3 is 0 Å². The van der Waals surface area contributed by atoms with Crippen LogP contribution in [-0.2, 0) is 0 Å². The second kappa shape index (κ2) is 14.7. The average molecular weight is 793 g/mol. The number of aromatic nitrogens is 4. The SMILES string of the molecule is c1ccc(-c2cccc(-c3nc(-c4ccccc4)nc(-c4ccc(-n5c6ccccc6c6ccc(-c7cccc8c7oc7ccccc78)cc65)cc4-c4ccccc4)n3)c2)cc1. The lowest BCUT2D eigenvalue weighted by atomic mass is 9.97. The number of nitrogens with zero attached hydrogens (tertiary/aromatic N) is 4. The van der Waals surface area contributed by atoms with Gasteiger partial charge in [-0.15, -0.1) is 0 Å². The van der Waals surface area contributed by atoms with Gasteiger partial charge < -0.3 is 8.98 Å². The van der Waals surface area contributed by atoms with Crippen LogP contribution in [0.5, 0.6) is 0 Å². The van der Waals surface area contributed by atoms with Crippen LogP contribution < -0.4 is 0 Å². The topological polar surface area (TPSA) is 56.7 Å². The molecule has 5 heteroatoms. The molecule has 9 aromatic carbocycles. The molecule has 3 heterocycles. The van der Waals surface area contributed by atoms with Crippen LogP contribution in [0, 0.1) is 0 Å².